The Bertz CT molecular complexity index is 685. The molecule has 2 heterocycles. The number of rotatable bonds is 4. The third-order valence-corrected chi connectivity index (χ3v) is 2.83. The first-order valence-electron chi connectivity index (χ1n) is 6.11. The first-order chi connectivity index (χ1) is 9.33. The Morgan fingerprint density at radius 1 is 1.16 bits per heavy atom. The van der Waals surface area contributed by atoms with E-state index in [0.29, 0.717) is 0 Å². The van der Waals surface area contributed by atoms with Crippen molar-refractivity contribution in [2.45, 2.75) is 6.42 Å². The molecule has 1 aromatic carbocycles. The highest BCUT2D eigenvalue weighted by molar-refractivity contribution is 5.88. The molecular weight excluding hydrogens is 240 g/mol. The van der Waals surface area contributed by atoms with E-state index in [-0.39, 0.29) is 0 Å². The zero-order chi connectivity index (χ0) is 13.1. The number of para-hydroxylation sites is 1. The Balaban J connectivity index is 1.71. The summed E-state index contributed by atoms with van der Waals surface area (Å²) in [5.41, 5.74) is 0.941. The van der Waals surface area contributed by atoms with Crippen molar-refractivity contribution in [1.82, 2.24) is 24.7 Å². The number of aromatic nitrogens is 5. The second-order valence-corrected chi connectivity index (χ2v) is 4.25. The second kappa shape index (κ2) is 5.01. The smallest absolute Gasteiger partial charge is 0.152 e. The molecule has 0 atom stereocenters. The van der Waals surface area contributed by atoms with Gasteiger partial charge in [-0.05, 0) is 12.1 Å². The second-order valence-electron chi connectivity index (χ2n) is 4.25. The fraction of sp³-hybridized carbons (Fsp3) is 0.231. The molecule has 6 heteroatoms. The van der Waals surface area contributed by atoms with E-state index in [1.54, 1.807) is 17.3 Å². The van der Waals surface area contributed by atoms with Crippen LogP contribution in [0.4, 0.5) is 5.82 Å². The minimum Gasteiger partial charge on any atom is -0.369 e. The summed E-state index contributed by atoms with van der Waals surface area (Å²) < 4.78 is 1.70. The van der Waals surface area contributed by atoms with Crippen LogP contribution in [0.5, 0.6) is 0 Å². The van der Waals surface area contributed by atoms with Crippen LogP contribution < -0.4 is 5.32 Å². The van der Waals surface area contributed by atoms with Gasteiger partial charge in [0, 0.05) is 25.4 Å². The summed E-state index contributed by atoms with van der Waals surface area (Å²) >= 11 is 0. The summed E-state index contributed by atoms with van der Waals surface area (Å²) in [6.07, 6.45) is 4.04. The van der Waals surface area contributed by atoms with E-state index in [2.05, 4.69) is 25.4 Å². The van der Waals surface area contributed by atoms with Crippen LogP contribution in [0.25, 0.3) is 10.9 Å². The number of nitrogens with zero attached hydrogens (tertiary/aromatic N) is 5. The van der Waals surface area contributed by atoms with Crippen LogP contribution >= 0.6 is 0 Å². The van der Waals surface area contributed by atoms with Crippen molar-refractivity contribution in [2.75, 3.05) is 11.9 Å². The van der Waals surface area contributed by atoms with Gasteiger partial charge in [-0.1, -0.05) is 12.1 Å². The highest BCUT2D eigenvalue weighted by Crippen LogP contribution is 2.17. The summed E-state index contributed by atoms with van der Waals surface area (Å²) in [6.45, 7) is 0.741. The lowest BCUT2D eigenvalue weighted by molar-refractivity contribution is 0.742. The molecule has 0 aliphatic rings. The number of nitrogens with one attached hydrogen (secondary N) is 1. The van der Waals surface area contributed by atoms with Gasteiger partial charge in [-0.3, -0.25) is 4.68 Å². The van der Waals surface area contributed by atoms with Crippen molar-refractivity contribution in [3.8, 4) is 0 Å². The number of anilines is 1. The van der Waals surface area contributed by atoms with E-state index in [1.165, 1.54) is 0 Å². The van der Waals surface area contributed by atoms with Crippen LogP contribution in [-0.2, 0) is 13.5 Å². The Hall–Kier alpha value is -2.50. The lowest BCUT2D eigenvalue weighted by atomic mass is 10.2. The number of hydrogen-bond acceptors (Lipinski definition) is 5. The van der Waals surface area contributed by atoms with E-state index < -0.39 is 0 Å². The average molecular weight is 254 g/mol. The molecule has 0 unspecified atom stereocenters. The quantitative estimate of drug-likeness (QED) is 0.762. The van der Waals surface area contributed by atoms with Crippen molar-refractivity contribution in [2.24, 2.45) is 7.05 Å². The van der Waals surface area contributed by atoms with Gasteiger partial charge in [0.1, 0.15) is 18.5 Å². The topological polar surface area (TPSA) is 68.5 Å². The molecule has 96 valence electrons. The van der Waals surface area contributed by atoms with Crippen LogP contribution in [0.15, 0.2) is 36.9 Å². The van der Waals surface area contributed by atoms with Gasteiger partial charge in [-0.15, -0.1) is 0 Å². The van der Waals surface area contributed by atoms with Crippen molar-refractivity contribution in [3.63, 3.8) is 0 Å². The fourth-order valence-corrected chi connectivity index (χ4v) is 1.94. The Kier molecular flexibility index (Phi) is 3.06. The molecule has 0 saturated carbocycles. The van der Waals surface area contributed by atoms with E-state index in [1.807, 2.05) is 31.3 Å². The predicted octanol–water partition coefficient (Wildman–Crippen LogP) is 1.41. The van der Waals surface area contributed by atoms with Gasteiger partial charge < -0.3 is 5.32 Å². The van der Waals surface area contributed by atoms with Crippen LogP contribution in [-0.4, -0.2) is 31.3 Å². The predicted molar refractivity (Wildman–Crippen MR) is 72.7 cm³/mol. The first-order valence-corrected chi connectivity index (χ1v) is 6.11. The van der Waals surface area contributed by atoms with Crippen LogP contribution in [0.2, 0.25) is 0 Å². The molecule has 19 heavy (non-hydrogen) atoms. The van der Waals surface area contributed by atoms with Gasteiger partial charge in [0.25, 0.3) is 0 Å². The lowest BCUT2D eigenvalue weighted by Gasteiger charge is -2.06. The van der Waals surface area contributed by atoms with Crippen molar-refractivity contribution < 1.29 is 0 Å². The van der Waals surface area contributed by atoms with Gasteiger partial charge in [0.05, 0.1) is 5.52 Å². The molecule has 6 nitrogen and oxygen atoms in total. The standard InChI is InChI=1S/C13H14N6/c1-19-9-17-12(18-19)6-7-14-13-10-4-2-3-5-11(10)15-8-16-13/h2-5,8-9H,6-7H2,1H3,(H,14,15,16). The molecular formula is C13H14N6. The summed E-state index contributed by atoms with van der Waals surface area (Å²) in [4.78, 5) is 12.7. The maximum absolute atomic E-state index is 4.28. The van der Waals surface area contributed by atoms with Gasteiger partial charge in [0.2, 0.25) is 0 Å². The maximum atomic E-state index is 4.28. The lowest BCUT2D eigenvalue weighted by Crippen LogP contribution is -2.08. The van der Waals surface area contributed by atoms with E-state index in [9.17, 15) is 0 Å². The molecule has 0 bridgehead atoms. The Labute approximate surface area is 110 Å². The molecule has 0 aliphatic heterocycles. The number of fused-ring (bicyclic) bond motifs is 1. The van der Waals surface area contributed by atoms with Crippen LogP contribution in [0.1, 0.15) is 5.82 Å². The van der Waals surface area contributed by atoms with Gasteiger partial charge >= 0.3 is 0 Å². The SMILES string of the molecule is Cn1cnc(CCNc2ncnc3ccccc23)n1. The molecule has 0 spiro atoms. The van der Waals surface area contributed by atoms with Crippen LogP contribution in [0, 0.1) is 0 Å². The molecule has 1 N–H and O–H groups in total. The maximum Gasteiger partial charge on any atom is 0.152 e. The highest BCUT2D eigenvalue weighted by atomic mass is 15.3. The largest absolute Gasteiger partial charge is 0.369 e. The molecule has 3 rings (SSSR count). The number of hydrogen-bond donors (Lipinski definition) is 1. The highest BCUT2D eigenvalue weighted by Gasteiger charge is 2.03. The van der Waals surface area contributed by atoms with Gasteiger partial charge in [0.15, 0.2) is 5.82 Å². The Morgan fingerprint density at radius 2 is 2.05 bits per heavy atom. The molecule has 0 saturated heterocycles. The molecule has 0 amide bonds. The van der Waals surface area contributed by atoms with Gasteiger partial charge in [-0.2, -0.15) is 5.10 Å². The molecule has 3 aromatic rings. The van der Waals surface area contributed by atoms with Crippen molar-refractivity contribution in [3.05, 3.63) is 42.7 Å². The number of aryl methyl sites for hydroxylation is 1. The molecule has 0 radical (unpaired) electrons. The molecule has 2 aromatic heterocycles. The third-order valence-electron chi connectivity index (χ3n) is 2.83. The minimum atomic E-state index is 0.741. The summed E-state index contributed by atoms with van der Waals surface area (Å²) in [6, 6.07) is 7.94. The van der Waals surface area contributed by atoms with Gasteiger partial charge in [-0.25, -0.2) is 15.0 Å². The monoisotopic (exact) mass is 254 g/mol. The summed E-state index contributed by atoms with van der Waals surface area (Å²) in [5.74, 6) is 1.68. The third kappa shape index (κ3) is 2.52. The average Bonchev–Trinajstić information content (AvgIpc) is 2.85. The zero-order valence-corrected chi connectivity index (χ0v) is 10.6. The van der Waals surface area contributed by atoms with E-state index >= 15 is 0 Å². The fourth-order valence-electron chi connectivity index (χ4n) is 1.94. The summed E-state index contributed by atoms with van der Waals surface area (Å²) in [5, 5.41) is 8.57. The van der Waals surface area contributed by atoms with Crippen molar-refractivity contribution >= 4 is 16.7 Å². The van der Waals surface area contributed by atoms with E-state index in [0.717, 1.165) is 35.5 Å². The van der Waals surface area contributed by atoms with Crippen LogP contribution in [0.3, 0.4) is 0 Å². The molecule has 0 fully saturated rings. The first kappa shape index (κ1) is 11.6. The minimum absolute atomic E-state index is 0.741. The number of benzene rings is 1. The van der Waals surface area contributed by atoms with Crippen molar-refractivity contribution in [1.29, 1.82) is 0 Å². The zero-order valence-electron chi connectivity index (χ0n) is 10.6. The normalized spacial score (nSPS) is 10.8. The van der Waals surface area contributed by atoms with E-state index in [4.69, 9.17) is 0 Å². The Morgan fingerprint density at radius 3 is 2.89 bits per heavy atom. The molecule has 0 aliphatic carbocycles. The summed E-state index contributed by atoms with van der Waals surface area (Å²) in [7, 11) is 1.86.